The van der Waals surface area contributed by atoms with Crippen LogP contribution in [0.5, 0.6) is 0 Å². The van der Waals surface area contributed by atoms with Crippen molar-refractivity contribution < 1.29 is 9.53 Å². The van der Waals surface area contributed by atoms with E-state index in [0.717, 1.165) is 23.2 Å². The van der Waals surface area contributed by atoms with Crippen molar-refractivity contribution in [1.82, 2.24) is 4.98 Å². The number of carbonyl (C=O) groups is 1. The molecular formula is C27H28N2O2. The largest absolute Gasteiger partial charge is 0.462 e. The second-order valence-electron chi connectivity index (χ2n) is 9.34. The van der Waals surface area contributed by atoms with Crippen LogP contribution in [-0.4, -0.2) is 17.1 Å². The summed E-state index contributed by atoms with van der Waals surface area (Å²) in [7, 11) is 0. The number of aromatic nitrogens is 1. The number of rotatable bonds is 3. The molecule has 2 saturated carbocycles. The molecule has 0 radical (unpaired) electrons. The first kappa shape index (κ1) is 20.0. The molecule has 6 unspecified atom stereocenters. The van der Waals surface area contributed by atoms with E-state index in [4.69, 9.17) is 4.74 Å². The van der Waals surface area contributed by atoms with Crippen molar-refractivity contribution in [3.63, 3.8) is 0 Å². The smallest absolute Gasteiger partial charge is 0.309 e. The summed E-state index contributed by atoms with van der Waals surface area (Å²) in [6.07, 6.45) is 12.3. The molecule has 2 aliphatic carbocycles. The molecule has 1 aliphatic heterocycles. The lowest BCUT2D eigenvalue weighted by Gasteiger charge is -2.45. The molecular weight excluding hydrogens is 384 g/mol. The van der Waals surface area contributed by atoms with Gasteiger partial charge in [0.25, 0.3) is 0 Å². The molecule has 2 aromatic rings. The van der Waals surface area contributed by atoms with Gasteiger partial charge in [0.15, 0.2) is 0 Å². The van der Waals surface area contributed by atoms with E-state index >= 15 is 0 Å². The first-order valence-corrected chi connectivity index (χ1v) is 11.5. The topological polar surface area (TPSA) is 63.0 Å². The van der Waals surface area contributed by atoms with Gasteiger partial charge in [0, 0.05) is 23.2 Å². The average Bonchev–Trinajstić information content (AvgIpc) is 3.10. The van der Waals surface area contributed by atoms with Crippen LogP contribution >= 0.6 is 0 Å². The van der Waals surface area contributed by atoms with Crippen molar-refractivity contribution in [2.24, 2.45) is 29.6 Å². The van der Waals surface area contributed by atoms with Crippen LogP contribution in [0.15, 0.2) is 48.7 Å². The van der Waals surface area contributed by atoms with Gasteiger partial charge in [0.1, 0.15) is 6.10 Å². The van der Waals surface area contributed by atoms with E-state index in [0.29, 0.717) is 23.3 Å². The molecule has 3 aliphatic rings. The Morgan fingerprint density at radius 3 is 2.81 bits per heavy atom. The molecule has 1 aromatic heterocycles. The number of hydrogen-bond acceptors (Lipinski definition) is 4. The van der Waals surface area contributed by atoms with Crippen LogP contribution in [0.4, 0.5) is 0 Å². The van der Waals surface area contributed by atoms with Crippen molar-refractivity contribution in [3.05, 3.63) is 59.9 Å². The summed E-state index contributed by atoms with van der Waals surface area (Å²) in [5, 5.41) is 9.36. The van der Waals surface area contributed by atoms with E-state index in [1.165, 1.54) is 25.7 Å². The van der Waals surface area contributed by atoms with Gasteiger partial charge in [0.2, 0.25) is 0 Å². The quantitative estimate of drug-likeness (QED) is 0.612. The van der Waals surface area contributed by atoms with Gasteiger partial charge in [-0.25, -0.2) is 0 Å². The van der Waals surface area contributed by atoms with Crippen LogP contribution in [0.3, 0.4) is 0 Å². The maximum absolute atomic E-state index is 12.5. The normalized spacial score (nSPS) is 32.2. The third-order valence-electron chi connectivity index (χ3n) is 7.71. The zero-order valence-electron chi connectivity index (χ0n) is 17.9. The minimum atomic E-state index is -0.00662. The molecule has 4 nitrogen and oxygen atoms in total. The summed E-state index contributed by atoms with van der Waals surface area (Å²) in [5.74, 6) is 2.00. The molecule has 4 heteroatoms. The Hall–Kier alpha value is -2.93. The Kier molecular flexibility index (Phi) is 5.36. The number of cyclic esters (lactones) is 1. The van der Waals surface area contributed by atoms with Crippen LogP contribution in [0, 0.1) is 40.9 Å². The van der Waals surface area contributed by atoms with Gasteiger partial charge in [-0.15, -0.1) is 0 Å². The molecule has 5 rings (SSSR count). The third-order valence-corrected chi connectivity index (χ3v) is 7.71. The van der Waals surface area contributed by atoms with Crippen molar-refractivity contribution in [2.75, 3.05) is 0 Å². The van der Waals surface area contributed by atoms with Crippen LogP contribution in [0.2, 0.25) is 0 Å². The Morgan fingerprint density at radius 1 is 1.16 bits per heavy atom. The Labute approximate surface area is 184 Å². The number of nitrogens with zero attached hydrogens (tertiary/aromatic N) is 2. The van der Waals surface area contributed by atoms with Gasteiger partial charge in [-0.1, -0.05) is 49.6 Å². The highest BCUT2D eigenvalue weighted by Gasteiger charge is 2.53. The lowest BCUT2D eigenvalue weighted by molar-refractivity contribution is -0.144. The summed E-state index contributed by atoms with van der Waals surface area (Å²) in [6, 6.07) is 13.9. The zero-order valence-corrected chi connectivity index (χ0v) is 17.9. The van der Waals surface area contributed by atoms with E-state index in [1.807, 2.05) is 42.6 Å². The maximum atomic E-state index is 12.5. The van der Waals surface area contributed by atoms with E-state index in [-0.39, 0.29) is 23.9 Å². The summed E-state index contributed by atoms with van der Waals surface area (Å²) in [4.78, 5) is 17.1. The number of pyridine rings is 1. The molecule has 0 bridgehead atoms. The van der Waals surface area contributed by atoms with Crippen molar-refractivity contribution >= 4 is 12.0 Å². The molecule has 31 heavy (non-hydrogen) atoms. The van der Waals surface area contributed by atoms with Crippen LogP contribution in [0.25, 0.3) is 17.2 Å². The van der Waals surface area contributed by atoms with Crippen LogP contribution in [0.1, 0.15) is 50.3 Å². The summed E-state index contributed by atoms with van der Waals surface area (Å²) < 4.78 is 5.67. The minimum Gasteiger partial charge on any atom is -0.462 e. The Bertz CT molecular complexity index is 1040. The molecule has 158 valence electrons. The average molecular weight is 413 g/mol. The lowest BCUT2D eigenvalue weighted by atomic mass is 9.57. The maximum Gasteiger partial charge on any atom is 0.309 e. The predicted molar refractivity (Wildman–Crippen MR) is 120 cm³/mol. The highest BCUT2D eigenvalue weighted by molar-refractivity contribution is 5.75. The summed E-state index contributed by atoms with van der Waals surface area (Å²) in [5.41, 5.74) is 3.42. The molecule has 0 amide bonds. The molecule has 1 saturated heterocycles. The fraction of sp³-hybridized carbons (Fsp3) is 0.444. The number of allylic oxidation sites excluding steroid dienone is 1. The monoisotopic (exact) mass is 412 g/mol. The van der Waals surface area contributed by atoms with E-state index in [9.17, 15) is 10.1 Å². The SMILES string of the molecule is CC1OC(=O)C2CC3CCCCC3C(/C=C/c3ccc(-c4ccccc4C#N)cn3)C12. The highest BCUT2D eigenvalue weighted by Crippen LogP contribution is 2.53. The second-order valence-corrected chi connectivity index (χ2v) is 9.34. The Morgan fingerprint density at radius 2 is 2.00 bits per heavy atom. The number of hydrogen-bond donors (Lipinski definition) is 0. The van der Waals surface area contributed by atoms with Gasteiger partial charge in [-0.2, -0.15) is 5.26 Å². The lowest BCUT2D eigenvalue weighted by Crippen LogP contribution is -2.42. The van der Waals surface area contributed by atoms with Gasteiger partial charge >= 0.3 is 5.97 Å². The standard InChI is InChI=1S/C27H28N2O2/c1-17-26-24(23-9-5-2-6-18(23)14-25(26)27(30)31-17)13-12-21-11-10-20(16-29-21)22-8-4-3-7-19(22)15-28/h3-4,7-8,10-13,16-18,23-26H,2,5-6,9,14H2,1H3/b13-12+. The number of ether oxygens (including phenoxy) is 1. The minimum absolute atomic E-state index is 0.00662. The van der Waals surface area contributed by atoms with E-state index in [2.05, 4.69) is 30.1 Å². The van der Waals surface area contributed by atoms with Gasteiger partial charge < -0.3 is 4.74 Å². The van der Waals surface area contributed by atoms with Crippen LogP contribution < -0.4 is 0 Å². The zero-order chi connectivity index (χ0) is 21.4. The molecule has 3 fully saturated rings. The van der Waals surface area contributed by atoms with Crippen molar-refractivity contribution in [2.45, 2.75) is 45.1 Å². The highest BCUT2D eigenvalue weighted by atomic mass is 16.6. The molecule has 1 aromatic carbocycles. The molecule has 0 spiro atoms. The van der Waals surface area contributed by atoms with E-state index in [1.54, 1.807) is 0 Å². The number of benzene rings is 1. The van der Waals surface area contributed by atoms with Gasteiger partial charge in [-0.05, 0) is 55.7 Å². The Balaban J connectivity index is 1.40. The van der Waals surface area contributed by atoms with Gasteiger partial charge in [-0.3, -0.25) is 9.78 Å². The third kappa shape index (κ3) is 3.67. The second kappa shape index (κ2) is 8.30. The predicted octanol–water partition coefficient (Wildman–Crippen LogP) is 5.64. The fourth-order valence-corrected chi connectivity index (χ4v) is 6.29. The number of carbonyl (C=O) groups excluding carboxylic acids is 1. The number of fused-ring (bicyclic) bond motifs is 2. The molecule has 0 N–H and O–H groups in total. The molecule has 2 heterocycles. The summed E-state index contributed by atoms with van der Waals surface area (Å²) in [6.45, 7) is 2.06. The first-order valence-electron chi connectivity index (χ1n) is 11.5. The first-order chi connectivity index (χ1) is 15.2. The van der Waals surface area contributed by atoms with Crippen molar-refractivity contribution in [1.29, 1.82) is 5.26 Å². The number of esters is 1. The van der Waals surface area contributed by atoms with Gasteiger partial charge in [0.05, 0.1) is 23.2 Å². The fourth-order valence-electron chi connectivity index (χ4n) is 6.29. The van der Waals surface area contributed by atoms with E-state index < -0.39 is 0 Å². The van der Waals surface area contributed by atoms with Crippen LogP contribution in [-0.2, 0) is 9.53 Å². The molecule has 6 atom stereocenters. The number of nitriles is 1. The summed E-state index contributed by atoms with van der Waals surface area (Å²) >= 11 is 0. The van der Waals surface area contributed by atoms with Crippen molar-refractivity contribution in [3.8, 4) is 17.2 Å².